The van der Waals surface area contributed by atoms with E-state index >= 15 is 0 Å². The molecule has 1 aliphatic heterocycles. The number of aromatic nitrogens is 3. The fourth-order valence-electron chi connectivity index (χ4n) is 3.77. The Morgan fingerprint density at radius 2 is 1.79 bits per heavy atom. The molecule has 0 unspecified atom stereocenters. The maximum atomic E-state index is 14.5. The zero-order chi connectivity index (χ0) is 24.1. The molecule has 4 rings (SSSR count). The first-order valence-corrected chi connectivity index (χ1v) is 11.1. The van der Waals surface area contributed by atoms with E-state index < -0.39 is 28.7 Å². The van der Waals surface area contributed by atoms with Crippen molar-refractivity contribution in [1.29, 1.82) is 0 Å². The van der Waals surface area contributed by atoms with Gasteiger partial charge in [0.1, 0.15) is 11.5 Å². The van der Waals surface area contributed by atoms with Crippen LogP contribution in [0.1, 0.15) is 21.6 Å². The van der Waals surface area contributed by atoms with Crippen LogP contribution in [0.5, 0.6) is 0 Å². The lowest BCUT2D eigenvalue weighted by molar-refractivity contribution is 0.0383. The Hall–Kier alpha value is -3.63. The molecule has 0 saturated carbocycles. The summed E-state index contributed by atoms with van der Waals surface area (Å²) in [6.45, 7) is 5.44. The molecule has 2 heterocycles. The molecule has 178 valence electrons. The SMILES string of the molecule is Cc1ccccc1Cn1c(=O)c(C(=O)NCCN2CCOCC2)nn(-c2ccccc2F)c1=O. The van der Waals surface area contributed by atoms with Gasteiger partial charge in [-0.3, -0.25) is 19.1 Å². The average Bonchev–Trinajstić information content (AvgIpc) is 2.84. The quantitative estimate of drug-likeness (QED) is 0.556. The van der Waals surface area contributed by atoms with Gasteiger partial charge in [-0.25, -0.2) is 9.18 Å². The molecule has 9 nitrogen and oxygen atoms in total. The molecule has 0 radical (unpaired) electrons. The van der Waals surface area contributed by atoms with Crippen molar-refractivity contribution in [2.24, 2.45) is 0 Å². The summed E-state index contributed by atoms with van der Waals surface area (Å²) >= 11 is 0. The monoisotopic (exact) mass is 467 g/mol. The van der Waals surface area contributed by atoms with E-state index in [1.54, 1.807) is 18.2 Å². The van der Waals surface area contributed by atoms with Gasteiger partial charge in [0.2, 0.25) is 5.69 Å². The molecule has 0 bridgehead atoms. The number of morpholine rings is 1. The van der Waals surface area contributed by atoms with Crippen LogP contribution in [0.4, 0.5) is 4.39 Å². The fraction of sp³-hybridized carbons (Fsp3) is 0.333. The van der Waals surface area contributed by atoms with Crippen LogP contribution in [0.3, 0.4) is 0 Å². The van der Waals surface area contributed by atoms with Crippen molar-refractivity contribution in [3.05, 3.63) is 92.0 Å². The van der Waals surface area contributed by atoms with Gasteiger partial charge in [0.15, 0.2) is 0 Å². The summed E-state index contributed by atoms with van der Waals surface area (Å²) in [6.07, 6.45) is 0. The van der Waals surface area contributed by atoms with Gasteiger partial charge in [-0.15, -0.1) is 0 Å². The summed E-state index contributed by atoms with van der Waals surface area (Å²) in [7, 11) is 0. The molecule has 10 heteroatoms. The van der Waals surface area contributed by atoms with E-state index in [0.717, 1.165) is 33.5 Å². The Labute approximate surface area is 195 Å². The summed E-state index contributed by atoms with van der Waals surface area (Å²) in [5, 5.41) is 6.67. The normalized spacial score (nSPS) is 14.2. The predicted octanol–water partition coefficient (Wildman–Crippen LogP) is 0.952. The molecule has 0 atom stereocenters. The Morgan fingerprint density at radius 1 is 1.09 bits per heavy atom. The molecule has 1 aromatic heterocycles. The first kappa shape index (κ1) is 23.5. The fourth-order valence-corrected chi connectivity index (χ4v) is 3.77. The highest BCUT2D eigenvalue weighted by Gasteiger charge is 2.22. The number of hydrogen-bond donors (Lipinski definition) is 1. The maximum Gasteiger partial charge on any atom is 0.352 e. The van der Waals surface area contributed by atoms with Crippen LogP contribution < -0.4 is 16.6 Å². The number of amides is 1. The number of hydrogen-bond acceptors (Lipinski definition) is 6. The van der Waals surface area contributed by atoms with Crippen molar-refractivity contribution in [3.8, 4) is 5.69 Å². The average molecular weight is 468 g/mol. The minimum atomic E-state index is -0.830. The van der Waals surface area contributed by atoms with Crippen molar-refractivity contribution >= 4 is 5.91 Å². The second-order valence-electron chi connectivity index (χ2n) is 8.02. The second-order valence-corrected chi connectivity index (χ2v) is 8.02. The molecule has 1 amide bonds. The largest absolute Gasteiger partial charge is 0.379 e. The number of ether oxygens (including phenoxy) is 1. The number of nitrogens with one attached hydrogen (secondary N) is 1. The lowest BCUT2D eigenvalue weighted by atomic mass is 10.1. The van der Waals surface area contributed by atoms with Crippen molar-refractivity contribution in [1.82, 2.24) is 24.6 Å². The first-order chi connectivity index (χ1) is 16.5. The van der Waals surface area contributed by atoms with E-state index in [2.05, 4.69) is 15.3 Å². The van der Waals surface area contributed by atoms with Crippen LogP contribution in [0, 0.1) is 12.7 Å². The van der Waals surface area contributed by atoms with Gasteiger partial charge in [-0.05, 0) is 30.2 Å². The van der Waals surface area contributed by atoms with E-state index in [1.165, 1.54) is 18.2 Å². The van der Waals surface area contributed by atoms with Gasteiger partial charge in [-0.2, -0.15) is 9.78 Å². The molecule has 2 aromatic carbocycles. The Kier molecular flexibility index (Phi) is 7.29. The molecule has 34 heavy (non-hydrogen) atoms. The Bertz CT molecular complexity index is 1300. The van der Waals surface area contributed by atoms with E-state index in [0.29, 0.717) is 19.8 Å². The standard InChI is InChI=1S/C24H26FN5O4/c1-17-6-2-3-7-18(17)16-29-23(32)21(22(31)26-10-11-28-12-14-34-15-13-28)27-30(24(29)33)20-9-5-4-8-19(20)25/h2-9H,10-16H2,1H3,(H,26,31). The molecule has 1 N–H and O–H groups in total. The van der Waals surface area contributed by atoms with Crippen LogP contribution in [0.25, 0.3) is 5.69 Å². The molecule has 3 aromatic rings. The molecule has 1 saturated heterocycles. The van der Waals surface area contributed by atoms with Crippen LogP contribution in [-0.2, 0) is 11.3 Å². The van der Waals surface area contributed by atoms with Crippen molar-refractivity contribution < 1.29 is 13.9 Å². The summed E-state index contributed by atoms with van der Waals surface area (Å²) in [4.78, 5) is 41.4. The lowest BCUT2D eigenvalue weighted by Crippen LogP contribution is -2.47. The van der Waals surface area contributed by atoms with E-state index in [9.17, 15) is 18.8 Å². The molecule has 1 aliphatic rings. The lowest BCUT2D eigenvalue weighted by Gasteiger charge is -2.26. The van der Waals surface area contributed by atoms with Crippen LogP contribution in [-0.4, -0.2) is 64.5 Å². The van der Waals surface area contributed by atoms with Crippen LogP contribution in [0.2, 0.25) is 0 Å². The van der Waals surface area contributed by atoms with Crippen molar-refractivity contribution in [2.75, 3.05) is 39.4 Å². The summed E-state index contributed by atoms with van der Waals surface area (Å²) in [5.41, 5.74) is -0.675. The molecular weight excluding hydrogens is 441 g/mol. The van der Waals surface area contributed by atoms with Gasteiger partial charge in [0.05, 0.1) is 19.8 Å². The first-order valence-electron chi connectivity index (χ1n) is 11.1. The predicted molar refractivity (Wildman–Crippen MR) is 124 cm³/mol. The third-order valence-corrected chi connectivity index (χ3v) is 5.76. The number of carbonyl (C=O) groups is 1. The number of benzene rings is 2. The molecule has 0 spiro atoms. The number of carbonyl (C=O) groups excluding carboxylic acids is 1. The highest BCUT2D eigenvalue weighted by atomic mass is 19.1. The van der Waals surface area contributed by atoms with E-state index in [-0.39, 0.29) is 18.8 Å². The van der Waals surface area contributed by atoms with Gasteiger partial charge in [0, 0.05) is 26.2 Å². The van der Waals surface area contributed by atoms with Gasteiger partial charge in [0.25, 0.3) is 11.5 Å². The van der Waals surface area contributed by atoms with Gasteiger partial charge in [-0.1, -0.05) is 36.4 Å². The third kappa shape index (κ3) is 5.13. The van der Waals surface area contributed by atoms with Crippen LogP contribution >= 0.6 is 0 Å². The zero-order valence-electron chi connectivity index (χ0n) is 18.9. The number of aryl methyl sites for hydroxylation is 1. The second kappa shape index (κ2) is 10.5. The van der Waals surface area contributed by atoms with E-state index in [4.69, 9.17) is 4.74 Å². The molecule has 1 fully saturated rings. The topological polar surface area (TPSA) is 98.5 Å². The summed E-state index contributed by atoms with van der Waals surface area (Å²) < 4.78 is 21.5. The third-order valence-electron chi connectivity index (χ3n) is 5.76. The maximum absolute atomic E-state index is 14.5. The number of para-hydroxylation sites is 1. The smallest absolute Gasteiger partial charge is 0.352 e. The Balaban J connectivity index is 1.70. The summed E-state index contributed by atoms with van der Waals surface area (Å²) in [5.74, 6) is -1.42. The number of halogens is 1. The zero-order valence-corrected chi connectivity index (χ0v) is 18.9. The minimum absolute atomic E-state index is 0.0740. The van der Waals surface area contributed by atoms with Crippen LogP contribution in [0.15, 0.2) is 58.1 Å². The molecule has 0 aliphatic carbocycles. The van der Waals surface area contributed by atoms with Crippen molar-refractivity contribution in [3.63, 3.8) is 0 Å². The number of nitrogens with zero attached hydrogens (tertiary/aromatic N) is 4. The van der Waals surface area contributed by atoms with Gasteiger partial charge >= 0.3 is 5.69 Å². The highest BCUT2D eigenvalue weighted by Crippen LogP contribution is 2.10. The molecular formula is C24H26FN5O4. The highest BCUT2D eigenvalue weighted by molar-refractivity contribution is 5.91. The van der Waals surface area contributed by atoms with Crippen molar-refractivity contribution in [2.45, 2.75) is 13.5 Å². The van der Waals surface area contributed by atoms with E-state index in [1.807, 2.05) is 19.1 Å². The van der Waals surface area contributed by atoms with Gasteiger partial charge < -0.3 is 10.1 Å². The minimum Gasteiger partial charge on any atom is -0.379 e. The summed E-state index contributed by atoms with van der Waals surface area (Å²) in [6, 6.07) is 12.9. The Morgan fingerprint density at radius 3 is 2.53 bits per heavy atom. The number of rotatable bonds is 7.